The Hall–Kier alpha value is -2.16. The predicted octanol–water partition coefficient (Wildman–Crippen LogP) is 1.82. The molecule has 0 unspecified atom stereocenters. The monoisotopic (exact) mass is 287 g/mol. The van der Waals surface area contributed by atoms with Gasteiger partial charge in [-0.3, -0.25) is 4.79 Å². The van der Waals surface area contributed by atoms with Crippen LogP contribution in [0.3, 0.4) is 0 Å². The number of aromatic nitrogens is 2. The Balaban J connectivity index is 2.05. The van der Waals surface area contributed by atoms with Gasteiger partial charge in [0.25, 0.3) is 0 Å². The molecule has 1 saturated carbocycles. The zero-order chi connectivity index (χ0) is 15.4. The van der Waals surface area contributed by atoms with E-state index in [4.69, 9.17) is 0 Å². The van der Waals surface area contributed by atoms with Gasteiger partial charge in [0.05, 0.1) is 5.69 Å². The first-order chi connectivity index (χ1) is 10.0. The lowest BCUT2D eigenvalue weighted by Crippen LogP contribution is -2.42. The summed E-state index contributed by atoms with van der Waals surface area (Å²) in [5, 5.41) is 23.3. The van der Waals surface area contributed by atoms with Crippen LogP contribution < -0.4 is 10.6 Å². The lowest BCUT2D eigenvalue weighted by molar-refractivity contribution is -0.122. The van der Waals surface area contributed by atoms with Crippen LogP contribution in [0.2, 0.25) is 0 Å². The second-order valence-corrected chi connectivity index (χ2v) is 5.60. The first-order valence-electron chi connectivity index (χ1n) is 7.33. The van der Waals surface area contributed by atoms with Crippen molar-refractivity contribution in [1.82, 2.24) is 15.5 Å². The molecule has 1 aliphatic rings. The molecule has 0 saturated heterocycles. The summed E-state index contributed by atoms with van der Waals surface area (Å²) in [5.74, 6) is 0.306. The van der Waals surface area contributed by atoms with E-state index >= 15 is 0 Å². The van der Waals surface area contributed by atoms with Gasteiger partial charge in [-0.2, -0.15) is 10.4 Å². The number of nitrogens with one attached hydrogen (secondary N) is 2. The minimum Gasteiger partial charge on any atom is -0.356 e. The van der Waals surface area contributed by atoms with Crippen molar-refractivity contribution in [2.75, 3.05) is 5.32 Å². The van der Waals surface area contributed by atoms with Gasteiger partial charge in [-0.25, -0.2) is 0 Å². The zero-order valence-corrected chi connectivity index (χ0v) is 12.7. The number of nitrogens with zero attached hydrogens (tertiary/aromatic N) is 3. The lowest BCUT2D eigenvalue weighted by Gasteiger charge is -2.18. The molecule has 1 atom stereocenters. The van der Waals surface area contributed by atoms with Crippen LogP contribution >= 0.6 is 0 Å². The molecule has 0 spiro atoms. The third-order valence-electron chi connectivity index (χ3n) is 4.01. The van der Waals surface area contributed by atoms with Crippen LogP contribution in [0.5, 0.6) is 0 Å². The summed E-state index contributed by atoms with van der Waals surface area (Å²) in [6.45, 7) is 5.41. The Morgan fingerprint density at radius 2 is 2.00 bits per heavy atom. The van der Waals surface area contributed by atoms with Crippen molar-refractivity contribution in [2.24, 2.45) is 0 Å². The maximum Gasteiger partial charge on any atom is 0.242 e. The van der Waals surface area contributed by atoms with Crippen molar-refractivity contribution in [2.45, 2.75) is 58.5 Å². The summed E-state index contributed by atoms with van der Waals surface area (Å²) in [5.41, 5.74) is 1.96. The zero-order valence-electron chi connectivity index (χ0n) is 12.7. The topological polar surface area (TPSA) is 90.7 Å². The fourth-order valence-electron chi connectivity index (χ4n) is 2.51. The van der Waals surface area contributed by atoms with E-state index in [1.165, 1.54) is 12.8 Å². The molecule has 6 nitrogen and oxygen atoms in total. The van der Waals surface area contributed by atoms with Crippen LogP contribution in [0.15, 0.2) is 0 Å². The van der Waals surface area contributed by atoms with Crippen molar-refractivity contribution in [3.63, 3.8) is 0 Å². The van der Waals surface area contributed by atoms with Gasteiger partial charge in [-0.05, 0) is 39.2 Å². The molecule has 21 heavy (non-hydrogen) atoms. The highest BCUT2D eigenvalue weighted by atomic mass is 16.2. The number of rotatable bonds is 4. The van der Waals surface area contributed by atoms with Crippen molar-refractivity contribution >= 4 is 11.7 Å². The van der Waals surface area contributed by atoms with Crippen molar-refractivity contribution in [1.29, 1.82) is 5.26 Å². The molecule has 0 radical (unpaired) electrons. The second kappa shape index (κ2) is 6.53. The fourth-order valence-corrected chi connectivity index (χ4v) is 2.51. The highest BCUT2D eigenvalue weighted by Crippen LogP contribution is 2.19. The van der Waals surface area contributed by atoms with Gasteiger partial charge in [0.2, 0.25) is 5.91 Å². The van der Waals surface area contributed by atoms with Gasteiger partial charge in [0, 0.05) is 6.04 Å². The summed E-state index contributed by atoms with van der Waals surface area (Å²) in [6.07, 6.45) is 4.44. The maximum atomic E-state index is 12.2. The Bertz CT molecular complexity index is 572. The van der Waals surface area contributed by atoms with Gasteiger partial charge in [0.1, 0.15) is 17.7 Å². The van der Waals surface area contributed by atoms with Crippen LogP contribution in [0.4, 0.5) is 5.82 Å². The number of hydrogen-bond acceptors (Lipinski definition) is 5. The standard InChI is InChI=1S/C15H21N5O/c1-9-10(2)19-20-14(13(9)8-16)17-11(3)15(21)18-12-6-4-5-7-12/h11-12H,4-7H2,1-3H3,(H,17,20)(H,18,21)/t11-/m1/s1. The number of nitriles is 1. The first-order valence-corrected chi connectivity index (χ1v) is 7.33. The predicted molar refractivity (Wildman–Crippen MR) is 79.7 cm³/mol. The SMILES string of the molecule is Cc1nnc(N[C@H](C)C(=O)NC2CCCC2)c(C#N)c1C. The summed E-state index contributed by atoms with van der Waals surface area (Å²) >= 11 is 0. The normalized spacial score (nSPS) is 16.3. The van der Waals surface area contributed by atoms with Gasteiger partial charge in [-0.1, -0.05) is 12.8 Å². The maximum absolute atomic E-state index is 12.2. The molecular weight excluding hydrogens is 266 g/mol. The molecule has 1 aromatic rings. The first kappa shape index (κ1) is 15.2. The molecule has 1 aromatic heterocycles. The Morgan fingerprint density at radius 3 is 2.62 bits per heavy atom. The van der Waals surface area contributed by atoms with Crippen LogP contribution in [-0.2, 0) is 4.79 Å². The number of carbonyl (C=O) groups excluding carboxylic acids is 1. The number of carbonyl (C=O) groups is 1. The molecule has 0 aromatic carbocycles. The number of aryl methyl sites for hydroxylation is 1. The number of amides is 1. The highest BCUT2D eigenvalue weighted by Gasteiger charge is 2.22. The molecule has 1 fully saturated rings. The van der Waals surface area contributed by atoms with E-state index in [0.29, 0.717) is 11.4 Å². The summed E-state index contributed by atoms with van der Waals surface area (Å²) in [7, 11) is 0. The minimum absolute atomic E-state index is 0.0641. The minimum atomic E-state index is -0.450. The van der Waals surface area contributed by atoms with E-state index < -0.39 is 6.04 Å². The highest BCUT2D eigenvalue weighted by molar-refractivity contribution is 5.84. The fraction of sp³-hybridized carbons (Fsp3) is 0.600. The molecule has 0 bridgehead atoms. The molecule has 112 valence electrons. The van der Waals surface area contributed by atoms with Gasteiger partial charge in [-0.15, -0.1) is 5.10 Å². The average molecular weight is 287 g/mol. The van der Waals surface area contributed by atoms with Crippen LogP contribution in [0, 0.1) is 25.2 Å². The largest absolute Gasteiger partial charge is 0.356 e. The van der Waals surface area contributed by atoms with Crippen LogP contribution in [-0.4, -0.2) is 28.2 Å². The number of hydrogen-bond donors (Lipinski definition) is 2. The van der Waals surface area contributed by atoms with Crippen LogP contribution in [0.25, 0.3) is 0 Å². The van der Waals surface area contributed by atoms with Crippen LogP contribution in [0.1, 0.15) is 49.4 Å². The third-order valence-corrected chi connectivity index (χ3v) is 4.01. The molecule has 2 N–H and O–H groups in total. The van der Waals surface area contributed by atoms with E-state index in [2.05, 4.69) is 26.9 Å². The molecule has 1 amide bonds. The average Bonchev–Trinajstić information content (AvgIpc) is 2.96. The third kappa shape index (κ3) is 3.48. The van der Waals surface area contributed by atoms with Gasteiger partial charge < -0.3 is 10.6 Å². The summed E-state index contributed by atoms with van der Waals surface area (Å²) in [6, 6.07) is 1.96. The van der Waals surface area contributed by atoms with E-state index in [1.807, 2.05) is 13.8 Å². The molecule has 2 rings (SSSR count). The smallest absolute Gasteiger partial charge is 0.242 e. The van der Waals surface area contributed by atoms with E-state index in [-0.39, 0.29) is 11.9 Å². The number of anilines is 1. The quantitative estimate of drug-likeness (QED) is 0.881. The molecular formula is C15H21N5O. The molecule has 0 aliphatic heterocycles. The molecule has 6 heteroatoms. The second-order valence-electron chi connectivity index (χ2n) is 5.60. The van der Waals surface area contributed by atoms with E-state index in [0.717, 1.165) is 24.1 Å². The summed E-state index contributed by atoms with van der Waals surface area (Å²) < 4.78 is 0. The Labute approximate surface area is 125 Å². The van der Waals surface area contributed by atoms with Crippen molar-refractivity contribution in [3.8, 4) is 6.07 Å². The van der Waals surface area contributed by atoms with E-state index in [1.54, 1.807) is 6.92 Å². The lowest BCUT2D eigenvalue weighted by atomic mass is 10.1. The molecule has 1 aliphatic carbocycles. The van der Waals surface area contributed by atoms with Crippen molar-refractivity contribution < 1.29 is 4.79 Å². The van der Waals surface area contributed by atoms with Crippen molar-refractivity contribution in [3.05, 3.63) is 16.8 Å². The van der Waals surface area contributed by atoms with E-state index in [9.17, 15) is 10.1 Å². The van der Waals surface area contributed by atoms with Gasteiger partial charge >= 0.3 is 0 Å². The molecule has 1 heterocycles. The summed E-state index contributed by atoms with van der Waals surface area (Å²) in [4.78, 5) is 12.2. The Morgan fingerprint density at radius 1 is 1.33 bits per heavy atom. The Kier molecular flexibility index (Phi) is 4.73. The van der Waals surface area contributed by atoms with Gasteiger partial charge in [0.15, 0.2) is 5.82 Å².